The molecule has 0 saturated heterocycles. The van der Waals surface area contributed by atoms with Crippen molar-refractivity contribution < 1.29 is 0 Å². The Morgan fingerprint density at radius 3 is 2.77 bits per heavy atom. The van der Waals surface area contributed by atoms with E-state index in [0.717, 1.165) is 5.92 Å². The number of hydrogen-bond acceptors (Lipinski definition) is 3. The first-order valence-corrected chi connectivity index (χ1v) is 5.71. The number of nitrogens with two attached hydrogens (primary N) is 1. The molecule has 1 aromatic rings. The van der Waals surface area contributed by atoms with E-state index >= 15 is 0 Å². The first kappa shape index (κ1) is 9.19. The van der Waals surface area contributed by atoms with Gasteiger partial charge in [-0.3, -0.25) is 11.3 Å². The second-order valence-electron chi connectivity index (χ2n) is 3.77. The summed E-state index contributed by atoms with van der Waals surface area (Å²) < 4.78 is 0. The SMILES string of the molecule is Cc1sccc1C(NN)C1CCC1. The molecule has 2 nitrogen and oxygen atoms in total. The lowest BCUT2D eigenvalue weighted by Gasteiger charge is -2.33. The van der Waals surface area contributed by atoms with Crippen molar-refractivity contribution in [2.75, 3.05) is 0 Å². The fourth-order valence-corrected chi connectivity index (χ4v) is 2.72. The van der Waals surface area contributed by atoms with E-state index in [1.54, 1.807) is 11.3 Å². The van der Waals surface area contributed by atoms with Crippen molar-refractivity contribution in [2.45, 2.75) is 32.2 Å². The maximum atomic E-state index is 5.60. The van der Waals surface area contributed by atoms with Crippen LogP contribution in [0, 0.1) is 12.8 Å². The van der Waals surface area contributed by atoms with Gasteiger partial charge in [-0.15, -0.1) is 11.3 Å². The van der Waals surface area contributed by atoms with Crippen molar-refractivity contribution in [3.8, 4) is 0 Å². The van der Waals surface area contributed by atoms with E-state index in [1.807, 2.05) is 0 Å². The van der Waals surface area contributed by atoms with Gasteiger partial charge in [0.05, 0.1) is 0 Å². The Morgan fingerprint density at radius 1 is 1.62 bits per heavy atom. The second kappa shape index (κ2) is 3.78. The summed E-state index contributed by atoms with van der Waals surface area (Å²) in [6, 6.07) is 2.59. The maximum Gasteiger partial charge on any atom is 0.0499 e. The number of hydrazine groups is 1. The summed E-state index contributed by atoms with van der Waals surface area (Å²) >= 11 is 1.80. The summed E-state index contributed by atoms with van der Waals surface area (Å²) in [5.74, 6) is 6.36. The van der Waals surface area contributed by atoms with Crippen LogP contribution in [-0.4, -0.2) is 0 Å². The normalized spacial score (nSPS) is 19.8. The summed E-state index contributed by atoms with van der Waals surface area (Å²) in [5, 5.41) is 2.15. The Kier molecular flexibility index (Phi) is 2.67. The zero-order valence-corrected chi connectivity index (χ0v) is 8.73. The molecule has 1 aromatic heterocycles. The highest BCUT2D eigenvalue weighted by atomic mass is 32.1. The zero-order chi connectivity index (χ0) is 9.26. The van der Waals surface area contributed by atoms with Gasteiger partial charge >= 0.3 is 0 Å². The van der Waals surface area contributed by atoms with Crippen molar-refractivity contribution in [1.29, 1.82) is 0 Å². The van der Waals surface area contributed by atoms with Gasteiger partial charge < -0.3 is 0 Å². The molecule has 1 unspecified atom stereocenters. The molecule has 1 aliphatic carbocycles. The fourth-order valence-electron chi connectivity index (χ4n) is 1.97. The lowest BCUT2D eigenvalue weighted by molar-refractivity contribution is 0.232. The predicted molar refractivity (Wildman–Crippen MR) is 56.5 cm³/mol. The zero-order valence-electron chi connectivity index (χ0n) is 7.92. The quantitative estimate of drug-likeness (QED) is 0.575. The minimum absolute atomic E-state index is 0.389. The van der Waals surface area contributed by atoms with Crippen molar-refractivity contribution in [3.05, 3.63) is 21.9 Å². The molecule has 1 fully saturated rings. The van der Waals surface area contributed by atoms with E-state index in [4.69, 9.17) is 5.84 Å². The average Bonchev–Trinajstić information content (AvgIpc) is 2.43. The lowest BCUT2D eigenvalue weighted by atomic mass is 9.77. The van der Waals surface area contributed by atoms with Gasteiger partial charge in [0, 0.05) is 10.9 Å². The summed E-state index contributed by atoms with van der Waals surface area (Å²) in [7, 11) is 0. The monoisotopic (exact) mass is 196 g/mol. The predicted octanol–water partition coefficient (Wildman–Crippen LogP) is 2.36. The van der Waals surface area contributed by atoms with Crippen LogP contribution in [-0.2, 0) is 0 Å². The molecular formula is C10H16N2S. The Hall–Kier alpha value is -0.380. The molecule has 3 heteroatoms. The average molecular weight is 196 g/mol. The van der Waals surface area contributed by atoms with E-state index in [1.165, 1.54) is 29.7 Å². The maximum absolute atomic E-state index is 5.60. The highest BCUT2D eigenvalue weighted by Crippen LogP contribution is 2.39. The van der Waals surface area contributed by atoms with Crippen LogP contribution in [0.5, 0.6) is 0 Å². The molecule has 3 N–H and O–H groups in total. The minimum Gasteiger partial charge on any atom is -0.271 e. The van der Waals surface area contributed by atoms with E-state index < -0.39 is 0 Å². The van der Waals surface area contributed by atoms with Crippen molar-refractivity contribution >= 4 is 11.3 Å². The van der Waals surface area contributed by atoms with Gasteiger partial charge in [-0.1, -0.05) is 6.42 Å². The number of hydrogen-bond donors (Lipinski definition) is 2. The Balaban J connectivity index is 2.16. The van der Waals surface area contributed by atoms with E-state index in [2.05, 4.69) is 23.8 Å². The summed E-state index contributed by atoms with van der Waals surface area (Å²) in [6.07, 6.45) is 4.01. The van der Waals surface area contributed by atoms with Gasteiger partial charge in [0.25, 0.3) is 0 Å². The van der Waals surface area contributed by atoms with Gasteiger partial charge in [-0.25, -0.2) is 0 Å². The van der Waals surface area contributed by atoms with Crippen LogP contribution >= 0.6 is 11.3 Å². The summed E-state index contributed by atoms with van der Waals surface area (Å²) in [4.78, 5) is 1.40. The number of aryl methyl sites for hydroxylation is 1. The van der Waals surface area contributed by atoms with Crippen molar-refractivity contribution in [3.63, 3.8) is 0 Å². The molecule has 13 heavy (non-hydrogen) atoms. The summed E-state index contributed by atoms with van der Waals surface area (Å²) in [5.41, 5.74) is 4.35. The second-order valence-corrected chi connectivity index (χ2v) is 4.89. The van der Waals surface area contributed by atoms with Crippen LogP contribution in [0.25, 0.3) is 0 Å². The van der Waals surface area contributed by atoms with Gasteiger partial charge in [0.1, 0.15) is 0 Å². The molecule has 0 bridgehead atoms. The van der Waals surface area contributed by atoms with Crippen LogP contribution in [0.15, 0.2) is 11.4 Å². The Bertz CT molecular complexity index is 278. The number of rotatable bonds is 3. The molecule has 1 aliphatic rings. The molecule has 0 radical (unpaired) electrons. The number of nitrogens with one attached hydrogen (secondary N) is 1. The van der Waals surface area contributed by atoms with Crippen LogP contribution in [0.1, 0.15) is 35.7 Å². The third-order valence-corrected chi connectivity index (χ3v) is 3.90. The summed E-state index contributed by atoms with van der Waals surface area (Å²) in [6.45, 7) is 2.17. The third kappa shape index (κ3) is 1.64. The van der Waals surface area contributed by atoms with Crippen LogP contribution in [0.2, 0.25) is 0 Å². The minimum atomic E-state index is 0.389. The van der Waals surface area contributed by atoms with E-state index in [-0.39, 0.29) is 0 Å². The smallest absolute Gasteiger partial charge is 0.0499 e. The molecule has 1 atom stereocenters. The van der Waals surface area contributed by atoms with Crippen molar-refractivity contribution in [2.24, 2.45) is 11.8 Å². The van der Waals surface area contributed by atoms with Crippen LogP contribution < -0.4 is 11.3 Å². The molecule has 0 spiro atoms. The molecule has 1 heterocycles. The highest BCUT2D eigenvalue weighted by molar-refractivity contribution is 7.10. The Labute approximate surface area is 83.1 Å². The lowest BCUT2D eigenvalue weighted by Crippen LogP contribution is -2.36. The van der Waals surface area contributed by atoms with Crippen LogP contribution in [0.4, 0.5) is 0 Å². The number of thiophene rings is 1. The van der Waals surface area contributed by atoms with Crippen LogP contribution in [0.3, 0.4) is 0 Å². The molecule has 0 aliphatic heterocycles. The topological polar surface area (TPSA) is 38.0 Å². The van der Waals surface area contributed by atoms with Gasteiger partial charge in [-0.2, -0.15) is 0 Å². The molecule has 0 aromatic carbocycles. The van der Waals surface area contributed by atoms with Gasteiger partial charge in [0.15, 0.2) is 0 Å². The first-order chi connectivity index (χ1) is 6.33. The van der Waals surface area contributed by atoms with Gasteiger partial charge in [-0.05, 0) is 42.7 Å². The Morgan fingerprint density at radius 2 is 2.38 bits per heavy atom. The van der Waals surface area contributed by atoms with Crippen molar-refractivity contribution in [1.82, 2.24) is 5.43 Å². The van der Waals surface area contributed by atoms with E-state index in [0.29, 0.717) is 6.04 Å². The molecule has 72 valence electrons. The first-order valence-electron chi connectivity index (χ1n) is 4.83. The molecule has 0 amide bonds. The molecule has 1 saturated carbocycles. The fraction of sp³-hybridized carbons (Fsp3) is 0.600. The standard InChI is InChI=1S/C10H16N2S/c1-7-9(5-6-13-7)10(12-11)8-3-2-4-8/h5-6,8,10,12H,2-4,11H2,1H3. The van der Waals surface area contributed by atoms with Gasteiger partial charge in [0.2, 0.25) is 0 Å². The molecule has 2 rings (SSSR count). The third-order valence-electron chi connectivity index (χ3n) is 3.03. The molecular weight excluding hydrogens is 180 g/mol. The highest BCUT2D eigenvalue weighted by Gasteiger charge is 2.28. The largest absolute Gasteiger partial charge is 0.271 e. The van der Waals surface area contributed by atoms with E-state index in [9.17, 15) is 0 Å².